The Morgan fingerprint density at radius 2 is 2.12 bits per heavy atom. The monoisotopic (exact) mass is 333 g/mol. The number of likely N-dealkylation sites (tertiary alicyclic amines) is 1. The summed E-state index contributed by atoms with van der Waals surface area (Å²) in [5, 5.41) is 1.22. The SMILES string of the molecule is O=C(CCc1c[nH]c2ccccc12)N1CCCC[C@H]1c1cccnc1. The lowest BCUT2D eigenvalue weighted by Gasteiger charge is -2.36. The number of carbonyl (C=O) groups excluding carboxylic acids is 1. The Morgan fingerprint density at radius 1 is 1.20 bits per heavy atom. The van der Waals surface area contributed by atoms with E-state index in [9.17, 15) is 4.79 Å². The number of aryl methyl sites for hydroxylation is 1. The first-order chi connectivity index (χ1) is 12.3. The molecule has 0 saturated carbocycles. The molecular formula is C21H23N3O. The van der Waals surface area contributed by atoms with Crippen molar-refractivity contribution in [3.63, 3.8) is 0 Å². The van der Waals surface area contributed by atoms with Gasteiger partial charge in [0.2, 0.25) is 5.91 Å². The highest BCUT2D eigenvalue weighted by Gasteiger charge is 2.27. The van der Waals surface area contributed by atoms with Crippen LogP contribution in [0.2, 0.25) is 0 Å². The van der Waals surface area contributed by atoms with Gasteiger partial charge in [0.05, 0.1) is 6.04 Å². The van der Waals surface area contributed by atoms with Gasteiger partial charge in [0.25, 0.3) is 0 Å². The second-order valence-corrected chi connectivity index (χ2v) is 6.74. The Hall–Kier alpha value is -2.62. The average molecular weight is 333 g/mol. The molecular weight excluding hydrogens is 310 g/mol. The van der Waals surface area contributed by atoms with E-state index in [4.69, 9.17) is 0 Å². The molecule has 25 heavy (non-hydrogen) atoms. The molecule has 0 spiro atoms. The number of piperidine rings is 1. The first-order valence-electron chi connectivity index (χ1n) is 9.07. The number of hydrogen-bond acceptors (Lipinski definition) is 2. The van der Waals surface area contributed by atoms with Crippen molar-refractivity contribution in [2.45, 2.75) is 38.1 Å². The number of carbonyl (C=O) groups is 1. The van der Waals surface area contributed by atoms with Gasteiger partial charge in [0.1, 0.15) is 0 Å². The van der Waals surface area contributed by atoms with Crippen molar-refractivity contribution >= 4 is 16.8 Å². The molecule has 1 fully saturated rings. The molecule has 2 aromatic heterocycles. The quantitative estimate of drug-likeness (QED) is 0.776. The molecule has 4 rings (SSSR count). The van der Waals surface area contributed by atoms with Crippen molar-refractivity contribution in [2.24, 2.45) is 0 Å². The van der Waals surface area contributed by atoms with E-state index in [0.29, 0.717) is 6.42 Å². The second-order valence-electron chi connectivity index (χ2n) is 6.74. The summed E-state index contributed by atoms with van der Waals surface area (Å²) in [5.74, 6) is 0.249. The largest absolute Gasteiger partial charge is 0.361 e. The number of aromatic amines is 1. The van der Waals surface area contributed by atoms with Crippen molar-refractivity contribution < 1.29 is 4.79 Å². The number of nitrogens with zero attached hydrogens (tertiary/aromatic N) is 2. The Kier molecular flexibility index (Phi) is 4.51. The summed E-state index contributed by atoms with van der Waals surface area (Å²) < 4.78 is 0. The number of H-pyrrole nitrogens is 1. The summed E-state index contributed by atoms with van der Waals surface area (Å²) >= 11 is 0. The molecule has 0 radical (unpaired) electrons. The number of pyridine rings is 1. The van der Waals surface area contributed by atoms with Gasteiger partial charge in [-0.3, -0.25) is 9.78 Å². The van der Waals surface area contributed by atoms with Crippen molar-refractivity contribution in [1.82, 2.24) is 14.9 Å². The molecule has 3 aromatic rings. The van der Waals surface area contributed by atoms with Crippen LogP contribution in [-0.4, -0.2) is 27.3 Å². The second kappa shape index (κ2) is 7.09. The van der Waals surface area contributed by atoms with Crippen molar-refractivity contribution in [3.8, 4) is 0 Å². The molecule has 1 aromatic carbocycles. The maximum Gasteiger partial charge on any atom is 0.223 e. The fourth-order valence-corrected chi connectivity index (χ4v) is 3.87. The van der Waals surface area contributed by atoms with E-state index in [1.54, 1.807) is 6.20 Å². The van der Waals surface area contributed by atoms with E-state index in [1.165, 1.54) is 17.4 Å². The van der Waals surface area contributed by atoms with Crippen LogP contribution in [0.4, 0.5) is 0 Å². The maximum atomic E-state index is 12.9. The minimum Gasteiger partial charge on any atom is -0.361 e. The number of benzene rings is 1. The van der Waals surface area contributed by atoms with Gasteiger partial charge in [-0.15, -0.1) is 0 Å². The molecule has 1 aliphatic heterocycles. The predicted octanol–water partition coefficient (Wildman–Crippen LogP) is 4.25. The van der Waals surface area contributed by atoms with Crippen LogP contribution in [0.5, 0.6) is 0 Å². The summed E-state index contributed by atoms with van der Waals surface area (Å²) in [7, 11) is 0. The van der Waals surface area contributed by atoms with Crippen LogP contribution in [0.15, 0.2) is 55.0 Å². The number of aromatic nitrogens is 2. The number of amides is 1. The molecule has 4 heteroatoms. The van der Waals surface area contributed by atoms with E-state index in [0.717, 1.165) is 36.9 Å². The van der Waals surface area contributed by atoms with Gasteiger partial charge in [-0.2, -0.15) is 0 Å². The molecule has 128 valence electrons. The highest BCUT2D eigenvalue weighted by atomic mass is 16.2. The van der Waals surface area contributed by atoms with Crippen LogP contribution in [0, 0.1) is 0 Å². The Labute approximate surface area is 147 Å². The minimum atomic E-state index is 0.179. The van der Waals surface area contributed by atoms with Crippen molar-refractivity contribution in [3.05, 3.63) is 66.1 Å². The van der Waals surface area contributed by atoms with E-state index in [2.05, 4.69) is 33.1 Å². The van der Waals surface area contributed by atoms with Gasteiger partial charge in [0.15, 0.2) is 0 Å². The molecule has 4 nitrogen and oxygen atoms in total. The molecule has 1 aliphatic rings. The molecule has 1 saturated heterocycles. The van der Waals surface area contributed by atoms with Crippen LogP contribution < -0.4 is 0 Å². The van der Waals surface area contributed by atoms with Gasteiger partial charge in [-0.1, -0.05) is 24.3 Å². The van der Waals surface area contributed by atoms with Gasteiger partial charge in [-0.25, -0.2) is 0 Å². The van der Waals surface area contributed by atoms with E-state index >= 15 is 0 Å². The van der Waals surface area contributed by atoms with Crippen LogP contribution in [0.1, 0.15) is 42.9 Å². The van der Waals surface area contributed by atoms with Gasteiger partial charge < -0.3 is 9.88 Å². The molecule has 3 heterocycles. The molecule has 1 N–H and O–H groups in total. The zero-order valence-electron chi connectivity index (χ0n) is 14.3. The highest BCUT2D eigenvalue weighted by molar-refractivity contribution is 5.84. The standard InChI is InChI=1S/C21H23N3O/c25-21(11-10-16-15-23-19-8-2-1-7-18(16)19)24-13-4-3-9-20(24)17-6-5-12-22-14-17/h1-2,5-8,12,14-15,20,23H,3-4,9-11,13H2/t20-/m0/s1. The summed E-state index contributed by atoms with van der Waals surface area (Å²) in [6.45, 7) is 0.853. The topological polar surface area (TPSA) is 49.0 Å². The number of nitrogens with one attached hydrogen (secondary N) is 1. The Morgan fingerprint density at radius 3 is 3.00 bits per heavy atom. The summed E-state index contributed by atoms with van der Waals surface area (Å²) in [4.78, 5) is 22.5. The summed E-state index contributed by atoms with van der Waals surface area (Å²) in [5.41, 5.74) is 3.51. The molecule has 0 bridgehead atoms. The third-order valence-corrected chi connectivity index (χ3v) is 5.18. The van der Waals surface area contributed by atoms with E-state index in [-0.39, 0.29) is 11.9 Å². The number of rotatable bonds is 4. The molecule has 0 aliphatic carbocycles. The number of para-hydroxylation sites is 1. The zero-order valence-corrected chi connectivity index (χ0v) is 14.3. The average Bonchev–Trinajstić information content (AvgIpc) is 3.10. The first kappa shape index (κ1) is 15.9. The lowest BCUT2D eigenvalue weighted by molar-refractivity contribution is -0.135. The lowest BCUT2D eigenvalue weighted by atomic mass is 9.95. The smallest absolute Gasteiger partial charge is 0.223 e. The van der Waals surface area contributed by atoms with E-state index in [1.807, 2.05) is 30.6 Å². The van der Waals surface area contributed by atoms with Crippen LogP contribution in [-0.2, 0) is 11.2 Å². The predicted molar refractivity (Wildman–Crippen MR) is 99.2 cm³/mol. The number of hydrogen-bond donors (Lipinski definition) is 1. The summed E-state index contributed by atoms with van der Waals surface area (Å²) in [6.07, 6.45) is 10.3. The third kappa shape index (κ3) is 3.29. The fourth-order valence-electron chi connectivity index (χ4n) is 3.87. The normalized spacial score (nSPS) is 17.8. The fraction of sp³-hybridized carbons (Fsp3) is 0.333. The van der Waals surface area contributed by atoms with Crippen LogP contribution in [0.3, 0.4) is 0 Å². The lowest BCUT2D eigenvalue weighted by Crippen LogP contribution is -2.38. The van der Waals surface area contributed by atoms with Crippen LogP contribution in [0.25, 0.3) is 10.9 Å². The van der Waals surface area contributed by atoms with Gasteiger partial charge in [0, 0.05) is 42.5 Å². The van der Waals surface area contributed by atoms with Crippen LogP contribution >= 0.6 is 0 Å². The minimum absolute atomic E-state index is 0.179. The summed E-state index contributed by atoms with van der Waals surface area (Å²) in [6, 6.07) is 12.5. The van der Waals surface area contributed by atoms with Gasteiger partial charge in [-0.05, 0) is 48.9 Å². The Balaban J connectivity index is 1.47. The Bertz CT molecular complexity index is 856. The molecule has 0 unspecified atom stereocenters. The highest BCUT2D eigenvalue weighted by Crippen LogP contribution is 2.31. The first-order valence-corrected chi connectivity index (χ1v) is 9.07. The molecule has 1 atom stereocenters. The maximum absolute atomic E-state index is 12.9. The third-order valence-electron chi connectivity index (χ3n) is 5.18. The van der Waals surface area contributed by atoms with E-state index < -0.39 is 0 Å². The zero-order chi connectivity index (χ0) is 17.1. The van der Waals surface area contributed by atoms with Crippen molar-refractivity contribution in [2.75, 3.05) is 6.54 Å². The number of fused-ring (bicyclic) bond motifs is 1. The van der Waals surface area contributed by atoms with Gasteiger partial charge >= 0.3 is 0 Å². The molecule has 1 amide bonds. The van der Waals surface area contributed by atoms with Crippen molar-refractivity contribution in [1.29, 1.82) is 0 Å².